The van der Waals surface area contributed by atoms with E-state index in [-0.39, 0.29) is 11.5 Å². The van der Waals surface area contributed by atoms with Crippen LogP contribution in [0.4, 0.5) is 0 Å². The number of hydrogen-bond donors (Lipinski definition) is 1. The molecule has 0 spiro atoms. The normalized spacial score (nSPS) is 11.1. The molecule has 8 heteroatoms. The second-order valence-corrected chi connectivity index (χ2v) is 7.99. The van der Waals surface area contributed by atoms with Gasteiger partial charge >= 0.3 is 5.97 Å². The number of thioether (sulfide) groups is 1. The number of rotatable bonds is 9. The van der Waals surface area contributed by atoms with Crippen molar-refractivity contribution < 1.29 is 19.4 Å². The summed E-state index contributed by atoms with van der Waals surface area (Å²) in [5.41, 5.74) is 3.45. The molecule has 0 aliphatic heterocycles. The van der Waals surface area contributed by atoms with Crippen LogP contribution in [0.15, 0.2) is 54.6 Å². The average molecular weight is 457 g/mol. The van der Waals surface area contributed by atoms with E-state index in [0.29, 0.717) is 33.5 Å². The second kappa shape index (κ2) is 10.3. The van der Waals surface area contributed by atoms with Crippen molar-refractivity contribution in [3.63, 3.8) is 0 Å². The summed E-state index contributed by atoms with van der Waals surface area (Å²) >= 11 is 7.75. The Bertz CT molecular complexity index is 1130. The van der Waals surface area contributed by atoms with Crippen molar-refractivity contribution in [1.29, 1.82) is 0 Å². The number of carboxylic acids is 1. The van der Waals surface area contributed by atoms with E-state index >= 15 is 0 Å². The zero-order valence-electron chi connectivity index (χ0n) is 17.0. The lowest BCUT2D eigenvalue weighted by atomic mass is 10.1. The molecule has 3 aromatic rings. The standard InChI is InChI=1S/C23H21ClN2O4S/c1-15-19(23(24)26(25-15)18-6-4-3-5-7-18)9-10-20(27)16-8-11-21(30-2)17(12-16)13-31-14-22(28)29/h3-12H,13-14H2,1-2H3,(H,28,29)/b10-9+. The Morgan fingerprint density at radius 2 is 1.97 bits per heavy atom. The number of methoxy groups -OCH3 is 1. The van der Waals surface area contributed by atoms with E-state index in [1.807, 2.05) is 37.3 Å². The van der Waals surface area contributed by atoms with E-state index in [0.717, 1.165) is 11.3 Å². The van der Waals surface area contributed by atoms with Gasteiger partial charge in [0.1, 0.15) is 10.9 Å². The summed E-state index contributed by atoms with van der Waals surface area (Å²) in [5.74, 6) is -0.0709. The lowest BCUT2D eigenvalue weighted by Crippen LogP contribution is -2.01. The Labute approximate surface area is 189 Å². The van der Waals surface area contributed by atoms with E-state index in [4.69, 9.17) is 21.4 Å². The third kappa shape index (κ3) is 5.57. The number of carbonyl (C=O) groups is 2. The SMILES string of the molecule is COc1ccc(C(=O)/C=C/c2c(C)nn(-c3ccccc3)c2Cl)cc1CSCC(=O)O. The van der Waals surface area contributed by atoms with Crippen LogP contribution in [-0.2, 0) is 10.5 Å². The lowest BCUT2D eigenvalue weighted by molar-refractivity contribution is -0.133. The van der Waals surface area contributed by atoms with Crippen LogP contribution in [0.5, 0.6) is 5.75 Å². The van der Waals surface area contributed by atoms with Gasteiger partial charge in [-0.3, -0.25) is 9.59 Å². The zero-order chi connectivity index (χ0) is 22.4. The van der Waals surface area contributed by atoms with Crippen LogP contribution in [0, 0.1) is 6.92 Å². The van der Waals surface area contributed by atoms with Gasteiger partial charge in [-0.2, -0.15) is 5.10 Å². The van der Waals surface area contributed by atoms with E-state index < -0.39 is 5.97 Å². The summed E-state index contributed by atoms with van der Waals surface area (Å²) in [6.45, 7) is 1.83. The topological polar surface area (TPSA) is 81.4 Å². The Morgan fingerprint density at radius 1 is 1.23 bits per heavy atom. The van der Waals surface area contributed by atoms with E-state index in [2.05, 4.69) is 5.10 Å². The van der Waals surface area contributed by atoms with Crippen molar-refractivity contribution in [2.45, 2.75) is 12.7 Å². The Kier molecular flexibility index (Phi) is 7.55. The third-order valence-electron chi connectivity index (χ3n) is 4.50. The van der Waals surface area contributed by atoms with Crippen molar-refractivity contribution >= 4 is 41.2 Å². The number of ketones is 1. The van der Waals surface area contributed by atoms with Gasteiger partial charge in [-0.15, -0.1) is 11.8 Å². The van der Waals surface area contributed by atoms with Crippen molar-refractivity contribution in [3.8, 4) is 11.4 Å². The molecule has 0 aliphatic carbocycles. The number of allylic oxidation sites excluding steroid dienone is 1. The number of carbonyl (C=O) groups excluding carboxylic acids is 1. The number of para-hydroxylation sites is 1. The molecule has 3 rings (SSSR count). The number of benzene rings is 2. The largest absolute Gasteiger partial charge is 0.496 e. The summed E-state index contributed by atoms with van der Waals surface area (Å²) in [6, 6.07) is 14.6. The molecule has 31 heavy (non-hydrogen) atoms. The number of aliphatic carboxylic acids is 1. The van der Waals surface area contributed by atoms with E-state index in [1.54, 1.807) is 29.0 Å². The van der Waals surface area contributed by atoms with E-state index in [9.17, 15) is 9.59 Å². The summed E-state index contributed by atoms with van der Waals surface area (Å²) in [4.78, 5) is 23.5. The molecule has 160 valence electrons. The van der Waals surface area contributed by atoms with Crippen molar-refractivity contribution in [1.82, 2.24) is 9.78 Å². The molecule has 1 aromatic heterocycles. The number of ether oxygens (including phenoxy) is 1. The minimum atomic E-state index is -0.887. The number of hydrogen-bond acceptors (Lipinski definition) is 5. The second-order valence-electron chi connectivity index (χ2n) is 6.65. The first kappa shape index (κ1) is 22.7. The summed E-state index contributed by atoms with van der Waals surface area (Å²) in [6.07, 6.45) is 3.12. The quantitative estimate of drug-likeness (QED) is 0.358. The Morgan fingerprint density at radius 3 is 2.65 bits per heavy atom. The number of halogens is 1. The molecule has 0 aliphatic rings. The minimum absolute atomic E-state index is 0.0234. The first-order chi connectivity index (χ1) is 14.9. The van der Waals surface area contributed by atoms with Gasteiger partial charge in [0.25, 0.3) is 0 Å². The maximum atomic E-state index is 12.8. The van der Waals surface area contributed by atoms with Crippen molar-refractivity contribution in [2.24, 2.45) is 0 Å². The summed E-state index contributed by atoms with van der Waals surface area (Å²) < 4.78 is 6.96. The minimum Gasteiger partial charge on any atom is -0.496 e. The van der Waals surface area contributed by atoms with Gasteiger partial charge in [0.2, 0.25) is 0 Å². The van der Waals surface area contributed by atoms with Gasteiger partial charge in [0.05, 0.1) is 24.2 Å². The third-order valence-corrected chi connectivity index (χ3v) is 5.83. The van der Waals surface area contributed by atoms with E-state index in [1.165, 1.54) is 24.9 Å². The lowest BCUT2D eigenvalue weighted by Gasteiger charge is -2.09. The molecule has 0 radical (unpaired) electrons. The monoisotopic (exact) mass is 456 g/mol. The van der Waals surface area contributed by atoms with Gasteiger partial charge in [-0.05, 0) is 49.4 Å². The number of carboxylic acid groups (broad SMARTS) is 1. The molecule has 0 unspecified atom stereocenters. The van der Waals surface area contributed by atoms with Gasteiger partial charge in [0, 0.05) is 22.4 Å². The first-order valence-electron chi connectivity index (χ1n) is 9.40. The van der Waals surface area contributed by atoms with Crippen LogP contribution in [0.1, 0.15) is 27.2 Å². The Hall–Kier alpha value is -3.03. The molecule has 2 aromatic carbocycles. The highest BCUT2D eigenvalue weighted by molar-refractivity contribution is 7.99. The smallest absolute Gasteiger partial charge is 0.313 e. The predicted octanol–water partition coefficient (Wildman–Crippen LogP) is 5.06. The predicted molar refractivity (Wildman–Crippen MR) is 123 cm³/mol. The molecular weight excluding hydrogens is 436 g/mol. The van der Waals surface area contributed by atoms with Crippen LogP contribution >= 0.6 is 23.4 Å². The number of nitrogens with zero attached hydrogens (tertiary/aromatic N) is 2. The van der Waals surface area contributed by atoms with Gasteiger partial charge in [-0.1, -0.05) is 29.8 Å². The number of aryl methyl sites for hydroxylation is 1. The molecule has 6 nitrogen and oxygen atoms in total. The fourth-order valence-electron chi connectivity index (χ4n) is 2.99. The van der Waals surface area contributed by atoms with Gasteiger partial charge in [-0.25, -0.2) is 4.68 Å². The molecule has 0 saturated carbocycles. The summed E-state index contributed by atoms with van der Waals surface area (Å²) in [5, 5.41) is 13.7. The van der Waals surface area contributed by atoms with Crippen LogP contribution in [0.3, 0.4) is 0 Å². The van der Waals surface area contributed by atoms with Crippen LogP contribution in [0.2, 0.25) is 5.15 Å². The van der Waals surface area contributed by atoms with Gasteiger partial charge < -0.3 is 9.84 Å². The zero-order valence-corrected chi connectivity index (χ0v) is 18.6. The van der Waals surface area contributed by atoms with Crippen LogP contribution < -0.4 is 4.74 Å². The molecule has 1 N–H and O–H groups in total. The molecule has 0 atom stereocenters. The highest BCUT2D eigenvalue weighted by Gasteiger charge is 2.14. The molecule has 0 bridgehead atoms. The molecule has 1 heterocycles. The van der Waals surface area contributed by atoms with Crippen LogP contribution in [-0.4, -0.2) is 39.5 Å². The highest BCUT2D eigenvalue weighted by atomic mass is 35.5. The maximum Gasteiger partial charge on any atom is 0.313 e. The average Bonchev–Trinajstić information content (AvgIpc) is 3.05. The summed E-state index contributed by atoms with van der Waals surface area (Å²) in [7, 11) is 1.54. The molecule has 0 amide bonds. The van der Waals surface area contributed by atoms with Gasteiger partial charge in [0.15, 0.2) is 5.78 Å². The fraction of sp³-hybridized carbons (Fsp3) is 0.174. The van der Waals surface area contributed by atoms with Crippen LogP contribution in [0.25, 0.3) is 11.8 Å². The molecule has 0 fully saturated rings. The van der Waals surface area contributed by atoms with Crippen molar-refractivity contribution in [2.75, 3.05) is 12.9 Å². The first-order valence-corrected chi connectivity index (χ1v) is 10.9. The number of aromatic nitrogens is 2. The molecular formula is C23H21ClN2O4S. The molecule has 0 saturated heterocycles. The fourth-order valence-corrected chi connectivity index (χ4v) is 4.05. The highest BCUT2D eigenvalue weighted by Crippen LogP contribution is 2.27. The Balaban J connectivity index is 1.81. The van der Waals surface area contributed by atoms with Crippen molar-refractivity contribution in [3.05, 3.63) is 82.1 Å². The maximum absolute atomic E-state index is 12.8.